The fraction of sp³-hybridized carbons (Fsp3) is 0.444. The van der Waals surface area contributed by atoms with Crippen molar-refractivity contribution in [2.45, 2.75) is 24.0 Å². The van der Waals surface area contributed by atoms with Crippen LogP contribution in [0.25, 0.3) is 0 Å². The Bertz CT molecular complexity index is 440. The van der Waals surface area contributed by atoms with E-state index in [4.69, 9.17) is 11.6 Å². The smallest absolute Gasteiger partial charge is 0.236 e. The summed E-state index contributed by atoms with van der Waals surface area (Å²) >= 11 is 5.59. The van der Waals surface area contributed by atoms with Crippen LogP contribution in [0.5, 0.6) is 0 Å². The van der Waals surface area contributed by atoms with Crippen LogP contribution >= 0.6 is 11.6 Å². The number of nitrogens with one attached hydrogen (secondary N) is 1. The molecule has 1 aromatic heterocycles. The Balaban J connectivity index is 2.10. The summed E-state index contributed by atoms with van der Waals surface area (Å²) in [6, 6.07) is 3.38. The highest BCUT2D eigenvalue weighted by atomic mass is 35.5. The fourth-order valence-corrected chi connectivity index (χ4v) is 2.67. The Kier molecular flexibility index (Phi) is 2.84. The van der Waals surface area contributed by atoms with Crippen molar-refractivity contribution in [1.29, 1.82) is 0 Å². The summed E-state index contributed by atoms with van der Waals surface area (Å²) in [5.74, 6) is 0.735. The van der Waals surface area contributed by atoms with Crippen LogP contribution in [0, 0.1) is 0 Å². The van der Waals surface area contributed by atoms with Crippen LogP contribution in [-0.4, -0.2) is 18.7 Å². The molecule has 0 bridgehead atoms. The van der Waals surface area contributed by atoms with Crippen LogP contribution in [0.4, 0.5) is 5.82 Å². The first-order chi connectivity index (χ1) is 7.12. The summed E-state index contributed by atoms with van der Waals surface area (Å²) in [7, 11) is -3.21. The minimum absolute atomic E-state index is 0.230. The number of pyridine rings is 1. The Morgan fingerprint density at radius 1 is 1.47 bits per heavy atom. The van der Waals surface area contributed by atoms with Gasteiger partial charge >= 0.3 is 0 Å². The first kappa shape index (κ1) is 10.7. The van der Waals surface area contributed by atoms with E-state index in [1.54, 1.807) is 18.3 Å². The first-order valence-electron chi connectivity index (χ1n) is 4.64. The van der Waals surface area contributed by atoms with Gasteiger partial charge in [-0.05, 0) is 24.5 Å². The largest absolute Gasteiger partial charge is 0.267 e. The average molecular weight is 247 g/mol. The molecule has 0 aliphatic heterocycles. The van der Waals surface area contributed by atoms with Gasteiger partial charge in [0.1, 0.15) is 5.82 Å². The molecule has 1 aliphatic rings. The van der Waals surface area contributed by atoms with Gasteiger partial charge in [-0.15, -0.1) is 11.6 Å². The lowest BCUT2D eigenvalue weighted by Gasteiger charge is -2.05. The maximum absolute atomic E-state index is 11.5. The molecule has 6 heteroatoms. The molecule has 0 radical (unpaired) electrons. The summed E-state index contributed by atoms with van der Waals surface area (Å²) in [6.45, 7) is 0. The molecule has 1 aliphatic carbocycles. The van der Waals surface area contributed by atoms with E-state index >= 15 is 0 Å². The number of anilines is 1. The van der Waals surface area contributed by atoms with Crippen LogP contribution in [0.15, 0.2) is 18.3 Å². The fourth-order valence-electron chi connectivity index (χ4n) is 1.17. The third-order valence-corrected chi connectivity index (χ3v) is 4.34. The summed E-state index contributed by atoms with van der Waals surface area (Å²) < 4.78 is 25.5. The number of sulfonamides is 1. The molecule has 15 heavy (non-hydrogen) atoms. The van der Waals surface area contributed by atoms with Gasteiger partial charge in [-0.2, -0.15) is 0 Å². The van der Waals surface area contributed by atoms with Crippen molar-refractivity contribution in [3.05, 3.63) is 23.9 Å². The highest BCUT2D eigenvalue weighted by Crippen LogP contribution is 2.29. The molecular weight excluding hydrogens is 236 g/mol. The van der Waals surface area contributed by atoms with Crippen molar-refractivity contribution < 1.29 is 8.42 Å². The van der Waals surface area contributed by atoms with Gasteiger partial charge in [-0.25, -0.2) is 13.4 Å². The molecule has 1 fully saturated rings. The third-order valence-electron chi connectivity index (χ3n) is 2.19. The van der Waals surface area contributed by atoms with E-state index in [9.17, 15) is 8.42 Å². The quantitative estimate of drug-likeness (QED) is 0.823. The van der Waals surface area contributed by atoms with Crippen molar-refractivity contribution in [2.75, 3.05) is 4.72 Å². The highest BCUT2D eigenvalue weighted by molar-refractivity contribution is 7.93. The zero-order valence-corrected chi connectivity index (χ0v) is 9.55. The van der Waals surface area contributed by atoms with Crippen molar-refractivity contribution in [1.82, 2.24) is 4.98 Å². The van der Waals surface area contributed by atoms with Crippen LogP contribution < -0.4 is 4.72 Å². The molecule has 0 atom stereocenters. The number of nitrogens with zero attached hydrogens (tertiary/aromatic N) is 1. The maximum Gasteiger partial charge on any atom is 0.236 e. The van der Waals surface area contributed by atoms with Gasteiger partial charge in [0, 0.05) is 12.1 Å². The van der Waals surface area contributed by atoms with Crippen molar-refractivity contribution in [3.8, 4) is 0 Å². The van der Waals surface area contributed by atoms with E-state index < -0.39 is 10.0 Å². The van der Waals surface area contributed by atoms with E-state index in [0.717, 1.165) is 18.4 Å². The Labute approximate surface area is 93.7 Å². The average Bonchev–Trinajstić information content (AvgIpc) is 3.01. The summed E-state index contributed by atoms with van der Waals surface area (Å²) in [5.41, 5.74) is 0.867. The Hall–Kier alpha value is -0.810. The molecule has 0 spiro atoms. The van der Waals surface area contributed by atoms with E-state index in [1.165, 1.54) is 0 Å². The van der Waals surface area contributed by atoms with Gasteiger partial charge in [0.05, 0.1) is 5.25 Å². The van der Waals surface area contributed by atoms with Crippen molar-refractivity contribution in [3.63, 3.8) is 0 Å². The van der Waals surface area contributed by atoms with Crippen LogP contribution in [0.3, 0.4) is 0 Å². The number of alkyl halides is 1. The number of halogens is 1. The summed E-state index contributed by atoms with van der Waals surface area (Å²) in [6.07, 6.45) is 3.06. The minimum atomic E-state index is -3.21. The van der Waals surface area contributed by atoms with Crippen LogP contribution in [-0.2, 0) is 15.9 Å². The van der Waals surface area contributed by atoms with Crippen molar-refractivity contribution >= 4 is 27.4 Å². The Morgan fingerprint density at radius 3 is 2.67 bits per heavy atom. The number of hydrogen-bond acceptors (Lipinski definition) is 3. The molecule has 0 saturated heterocycles. The molecular formula is C9H11ClN2O2S. The number of hydrogen-bond donors (Lipinski definition) is 1. The summed E-state index contributed by atoms with van der Waals surface area (Å²) in [5, 5.41) is -0.230. The van der Waals surface area contributed by atoms with E-state index in [1.807, 2.05) is 0 Å². The van der Waals surface area contributed by atoms with Gasteiger partial charge in [-0.1, -0.05) is 6.07 Å². The monoisotopic (exact) mass is 246 g/mol. The highest BCUT2D eigenvalue weighted by Gasteiger charge is 2.35. The lowest BCUT2D eigenvalue weighted by Crippen LogP contribution is -2.18. The minimum Gasteiger partial charge on any atom is -0.267 e. The van der Waals surface area contributed by atoms with Crippen LogP contribution in [0.1, 0.15) is 18.4 Å². The van der Waals surface area contributed by atoms with E-state index in [-0.39, 0.29) is 5.25 Å². The second-order valence-electron chi connectivity index (χ2n) is 3.53. The van der Waals surface area contributed by atoms with Gasteiger partial charge in [-0.3, -0.25) is 4.72 Å². The second-order valence-corrected chi connectivity index (χ2v) is 5.76. The molecule has 4 nitrogen and oxygen atoms in total. The maximum atomic E-state index is 11.5. The molecule has 1 aromatic rings. The van der Waals surface area contributed by atoms with E-state index in [2.05, 4.69) is 9.71 Å². The van der Waals surface area contributed by atoms with Gasteiger partial charge < -0.3 is 0 Å². The second kappa shape index (κ2) is 3.98. The third kappa shape index (κ3) is 2.60. The molecule has 1 saturated carbocycles. The zero-order chi connectivity index (χ0) is 10.9. The van der Waals surface area contributed by atoms with Gasteiger partial charge in [0.15, 0.2) is 0 Å². The molecule has 0 unspecified atom stereocenters. The molecule has 0 amide bonds. The molecule has 82 valence electrons. The first-order valence-corrected chi connectivity index (χ1v) is 6.72. The molecule has 2 rings (SSSR count). The van der Waals surface area contributed by atoms with Crippen LogP contribution in [0.2, 0.25) is 0 Å². The molecule has 1 N–H and O–H groups in total. The van der Waals surface area contributed by atoms with Gasteiger partial charge in [0.25, 0.3) is 0 Å². The lowest BCUT2D eigenvalue weighted by atomic mass is 10.3. The predicted molar refractivity (Wildman–Crippen MR) is 59.4 cm³/mol. The van der Waals surface area contributed by atoms with Gasteiger partial charge in [0.2, 0.25) is 10.0 Å². The number of aromatic nitrogens is 1. The molecule has 0 aromatic carbocycles. The normalized spacial score (nSPS) is 16.3. The SMILES string of the molecule is O=S(=O)(Nc1ccc(CCl)cn1)C1CC1. The zero-order valence-electron chi connectivity index (χ0n) is 7.98. The van der Waals surface area contributed by atoms with E-state index in [0.29, 0.717) is 11.7 Å². The predicted octanol–water partition coefficient (Wildman–Crippen LogP) is 1.72. The Morgan fingerprint density at radius 2 is 2.20 bits per heavy atom. The number of rotatable bonds is 4. The van der Waals surface area contributed by atoms with Crippen molar-refractivity contribution in [2.24, 2.45) is 0 Å². The topological polar surface area (TPSA) is 59.1 Å². The molecule has 1 heterocycles. The summed E-state index contributed by atoms with van der Waals surface area (Å²) in [4.78, 5) is 3.97. The lowest BCUT2D eigenvalue weighted by molar-refractivity contribution is 0.600. The standard InChI is InChI=1S/C9H11ClN2O2S/c10-5-7-1-4-9(11-6-7)12-15(13,14)8-2-3-8/h1,4,6,8H,2-3,5H2,(H,11,12).